The van der Waals surface area contributed by atoms with Gasteiger partial charge in [0.25, 0.3) is 0 Å². The quantitative estimate of drug-likeness (QED) is 0.704. The van der Waals surface area contributed by atoms with E-state index in [1.807, 2.05) is 44.2 Å². The van der Waals surface area contributed by atoms with Gasteiger partial charge >= 0.3 is 0 Å². The molecule has 0 unspecified atom stereocenters. The zero-order valence-electron chi connectivity index (χ0n) is 14.2. The summed E-state index contributed by atoms with van der Waals surface area (Å²) in [6.07, 6.45) is 1.72. The minimum Gasteiger partial charge on any atom is -0.349 e. The van der Waals surface area contributed by atoms with Crippen molar-refractivity contribution in [2.75, 3.05) is 6.54 Å². The number of carbonyl (C=O) groups excluding carboxylic acids is 2. The van der Waals surface area contributed by atoms with Crippen LogP contribution in [0.5, 0.6) is 0 Å². The van der Waals surface area contributed by atoms with Gasteiger partial charge in [0.2, 0.25) is 11.8 Å². The summed E-state index contributed by atoms with van der Waals surface area (Å²) < 4.78 is 0. The third-order valence-corrected chi connectivity index (χ3v) is 3.65. The molecule has 1 aromatic heterocycles. The first-order chi connectivity index (χ1) is 11.0. The van der Waals surface area contributed by atoms with E-state index >= 15 is 0 Å². The van der Waals surface area contributed by atoms with Crippen LogP contribution in [0.1, 0.15) is 19.5 Å². The number of rotatable bonds is 6. The van der Waals surface area contributed by atoms with Crippen LogP contribution in [0.25, 0.3) is 10.8 Å². The molecule has 0 spiro atoms. The molecule has 0 saturated heterocycles. The largest absolute Gasteiger partial charge is 0.349 e. The number of benzene rings is 1. The van der Waals surface area contributed by atoms with Gasteiger partial charge in [-0.3, -0.25) is 14.6 Å². The maximum Gasteiger partial charge on any atom is 0.239 e. The summed E-state index contributed by atoms with van der Waals surface area (Å²) in [4.78, 5) is 27.9. The predicted molar refractivity (Wildman–Crippen MR) is 104 cm³/mol. The number of nitrogens with one attached hydrogen (secondary N) is 2. The van der Waals surface area contributed by atoms with Crippen LogP contribution in [0, 0.1) is 5.92 Å². The molecule has 2 amide bonds. The molecule has 0 saturated carbocycles. The summed E-state index contributed by atoms with van der Waals surface area (Å²) >= 11 is 0. The van der Waals surface area contributed by atoms with Gasteiger partial charge in [-0.05, 0) is 17.4 Å². The molecule has 25 heavy (non-hydrogen) atoms. The molecule has 0 aliphatic carbocycles. The van der Waals surface area contributed by atoms with Gasteiger partial charge in [-0.2, -0.15) is 0 Å². The number of halogens is 2. The minimum atomic E-state index is -0.609. The SMILES string of the molecule is CC(C)[C@H](N)C(=O)NCC(=O)NCc1nccc2ccccc12.Cl.Cl. The monoisotopic (exact) mass is 386 g/mol. The fourth-order valence-electron chi connectivity index (χ4n) is 2.16. The van der Waals surface area contributed by atoms with Crippen LogP contribution in [-0.4, -0.2) is 29.4 Å². The lowest BCUT2D eigenvalue weighted by atomic mass is 10.1. The van der Waals surface area contributed by atoms with E-state index in [0.29, 0.717) is 6.54 Å². The number of pyridine rings is 1. The van der Waals surface area contributed by atoms with Crippen molar-refractivity contribution in [2.45, 2.75) is 26.4 Å². The number of aromatic nitrogens is 1. The summed E-state index contributed by atoms with van der Waals surface area (Å²) in [6.45, 7) is 3.93. The first-order valence-corrected chi connectivity index (χ1v) is 7.61. The van der Waals surface area contributed by atoms with Crippen LogP contribution in [0.4, 0.5) is 0 Å². The molecule has 0 bridgehead atoms. The lowest BCUT2D eigenvalue weighted by molar-refractivity contribution is -0.127. The zero-order valence-corrected chi connectivity index (χ0v) is 15.8. The molecular formula is C17H24Cl2N4O2. The van der Waals surface area contributed by atoms with E-state index in [4.69, 9.17) is 5.73 Å². The molecule has 8 heteroatoms. The second-order valence-electron chi connectivity index (χ2n) is 5.74. The lowest BCUT2D eigenvalue weighted by Gasteiger charge is -2.15. The van der Waals surface area contributed by atoms with Gasteiger partial charge in [0.05, 0.1) is 24.8 Å². The molecule has 4 N–H and O–H groups in total. The number of fused-ring (bicyclic) bond motifs is 1. The molecule has 6 nitrogen and oxygen atoms in total. The highest BCUT2D eigenvalue weighted by Crippen LogP contribution is 2.15. The van der Waals surface area contributed by atoms with Crippen LogP contribution in [0.15, 0.2) is 36.5 Å². The molecule has 1 aromatic carbocycles. The van der Waals surface area contributed by atoms with Crippen LogP contribution in [0.3, 0.4) is 0 Å². The zero-order chi connectivity index (χ0) is 16.8. The molecule has 2 aromatic rings. The van der Waals surface area contributed by atoms with Crippen molar-refractivity contribution in [1.29, 1.82) is 0 Å². The second kappa shape index (κ2) is 10.9. The third-order valence-electron chi connectivity index (χ3n) is 3.65. The Morgan fingerprint density at radius 1 is 1.12 bits per heavy atom. The fourth-order valence-corrected chi connectivity index (χ4v) is 2.16. The van der Waals surface area contributed by atoms with E-state index in [2.05, 4.69) is 15.6 Å². The summed E-state index contributed by atoms with van der Waals surface area (Å²) in [6, 6.07) is 9.17. The van der Waals surface area contributed by atoms with Crippen molar-refractivity contribution >= 4 is 47.4 Å². The summed E-state index contributed by atoms with van der Waals surface area (Å²) in [5.41, 5.74) is 6.51. The summed E-state index contributed by atoms with van der Waals surface area (Å²) in [7, 11) is 0. The smallest absolute Gasteiger partial charge is 0.239 e. The number of amides is 2. The number of carbonyl (C=O) groups is 2. The average Bonchev–Trinajstić information content (AvgIpc) is 2.56. The molecule has 1 atom stereocenters. The minimum absolute atomic E-state index is 0. The van der Waals surface area contributed by atoms with Crippen molar-refractivity contribution in [2.24, 2.45) is 11.7 Å². The van der Waals surface area contributed by atoms with E-state index in [1.165, 1.54) is 0 Å². The molecule has 0 aliphatic rings. The Balaban J connectivity index is 0.00000288. The van der Waals surface area contributed by atoms with Gasteiger partial charge in [-0.25, -0.2) is 0 Å². The number of hydrogen-bond donors (Lipinski definition) is 3. The van der Waals surface area contributed by atoms with Gasteiger partial charge in [-0.15, -0.1) is 24.8 Å². The van der Waals surface area contributed by atoms with Gasteiger partial charge in [-0.1, -0.05) is 38.1 Å². The topological polar surface area (TPSA) is 97.1 Å². The normalized spacial score (nSPS) is 11.2. The van der Waals surface area contributed by atoms with Crippen molar-refractivity contribution in [3.05, 3.63) is 42.2 Å². The third kappa shape index (κ3) is 6.49. The average molecular weight is 387 g/mol. The summed E-state index contributed by atoms with van der Waals surface area (Å²) in [5.74, 6) is -0.569. The van der Waals surface area contributed by atoms with Crippen LogP contribution < -0.4 is 16.4 Å². The maximum atomic E-state index is 11.9. The maximum absolute atomic E-state index is 11.9. The van der Waals surface area contributed by atoms with E-state index in [1.54, 1.807) is 6.20 Å². The van der Waals surface area contributed by atoms with Crippen molar-refractivity contribution in [3.8, 4) is 0 Å². The van der Waals surface area contributed by atoms with Crippen LogP contribution in [0.2, 0.25) is 0 Å². The lowest BCUT2D eigenvalue weighted by Crippen LogP contribution is -2.47. The van der Waals surface area contributed by atoms with Gasteiger partial charge in [0.1, 0.15) is 0 Å². The van der Waals surface area contributed by atoms with E-state index in [0.717, 1.165) is 16.5 Å². The van der Waals surface area contributed by atoms with E-state index in [-0.39, 0.29) is 49.1 Å². The Morgan fingerprint density at radius 3 is 2.48 bits per heavy atom. The van der Waals surface area contributed by atoms with Crippen molar-refractivity contribution in [3.63, 3.8) is 0 Å². The van der Waals surface area contributed by atoms with Gasteiger partial charge in [0, 0.05) is 11.6 Å². The molecule has 2 rings (SSSR count). The number of nitrogens with two attached hydrogens (primary N) is 1. The Hall–Kier alpha value is -1.89. The fraction of sp³-hybridized carbons (Fsp3) is 0.353. The van der Waals surface area contributed by atoms with E-state index < -0.39 is 6.04 Å². The highest BCUT2D eigenvalue weighted by atomic mass is 35.5. The van der Waals surface area contributed by atoms with Crippen LogP contribution >= 0.6 is 24.8 Å². The number of nitrogens with zero attached hydrogens (tertiary/aromatic N) is 1. The molecule has 138 valence electrons. The standard InChI is InChI=1S/C17H22N4O2.2ClH/c1-11(2)16(18)17(23)21-10-15(22)20-9-14-13-6-4-3-5-12(13)7-8-19-14;;/h3-8,11,16H,9-10,18H2,1-2H3,(H,20,22)(H,21,23);2*1H/t16-;;/m0../s1. The molecule has 0 aliphatic heterocycles. The van der Waals surface area contributed by atoms with Crippen LogP contribution in [-0.2, 0) is 16.1 Å². The second-order valence-corrected chi connectivity index (χ2v) is 5.74. The van der Waals surface area contributed by atoms with E-state index in [9.17, 15) is 9.59 Å². The first kappa shape index (κ1) is 23.1. The van der Waals surface area contributed by atoms with Gasteiger partial charge in [0.15, 0.2) is 0 Å². The van der Waals surface area contributed by atoms with Crippen molar-refractivity contribution < 1.29 is 9.59 Å². The molecule has 0 fully saturated rings. The molecular weight excluding hydrogens is 363 g/mol. The highest BCUT2D eigenvalue weighted by Gasteiger charge is 2.17. The Morgan fingerprint density at radius 2 is 1.80 bits per heavy atom. The Bertz CT molecular complexity index is 705. The predicted octanol–water partition coefficient (Wildman–Crippen LogP) is 1.79. The Kier molecular flexibility index (Phi) is 10.0. The van der Waals surface area contributed by atoms with Crippen molar-refractivity contribution in [1.82, 2.24) is 15.6 Å². The molecule has 0 radical (unpaired) electrons. The first-order valence-electron chi connectivity index (χ1n) is 7.61. The Labute approximate surface area is 159 Å². The summed E-state index contributed by atoms with van der Waals surface area (Å²) in [5, 5.41) is 7.37. The number of hydrogen-bond acceptors (Lipinski definition) is 4. The highest BCUT2D eigenvalue weighted by molar-refractivity contribution is 5.88. The van der Waals surface area contributed by atoms with Gasteiger partial charge < -0.3 is 16.4 Å². The molecule has 1 heterocycles.